The predicted octanol–water partition coefficient (Wildman–Crippen LogP) is 4.51. The summed E-state index contributed by atoms with van der Waals surface area (Å²) >= 11 is 0. The smallest absolute Gasteiger partial charge is 0.312 e. The lowest BCUT2D eigenvalue weighted by Gasteiger charge is -2.20. The van der Waals surface area contributed by atoms with Crippen molar-refractivity contribution in [3.63, 3.8) is 0 Å². The van der Waals surface area contributed by atoms with Gasteiger partial charge >= 0.3 is 5.97 Å². The molecule has 1 aromatic carbocycles. The van der Waals surface area contributed by atoms with E-state index in [0.29, 0.717) is 0 Å². The molecule has 0 radical (unpaired) electrons. The van der Waals surface area contributed by atoms with E-state index in [9.17, 15) is 4.79 Å². The molecule has 0 N–H and O–H groups in total. The van der Waals surface area contributed by atoms with E-state index in [2.05, 4.69) is 18.8 Å². The van der Waals surface area contributed by atoms with Crippen LogP contribution in [0.15, 0.2) is 30.3 Å². The lowest BCUT2D eigenvalue weighted by molar-refractivity contribution is -0.156. The molecule has 1 aromatic rings. The highest BCUT2D eigenvalue weighted by Crippen LogP contribution is 2.23. The molecule has 1 unspecified atom stereocenters. The van der Waals surface area contributed by atoms with Crippen LogP contribution in [0.4, 0.5) is 0 Å². The summed E-state index contributed by atoms with van der Waals surface area (Å²) in [5.41, 5.74) is 0.409. The van der Waals surface area contributed by atoms with E-state index >= 15 is 0 Å². The Morgan fingerprint density at radius 2 is 1.90 bits per heavy atom. The van der Waals surface area contributed by atoms with E-state index < -0.39 is 11.5 Å². The number of benzene rings is 1. The molecule has 2 heteroatoms. The van der Waals surface area contributed by atoms with Crippen molar-refractivity contribution in [2.75, 3.05) is 0 Å². The SMILES string of the molecule is CCCCC#CC(OC(=O)C(C)(C)C)c1ccccc1. The molecule has 0 aliphatic carbocycles. The number of hydrogen-bond acceptors (Lipinski definition) is 2. The Bertz CT molecular complexity index is 472. The molecule has 0 heterocycles. The summed E-state index contributed by atoms with van der Waals surface area (Å²) in [5, 5.41) is 0. The van der Waals surface area contributed by atoms with Crippen molar-refractivity contribution in [3.8, 4) is 11.8 Å². The molecule has 20 heavy (non-hydrogen) atoms. The Kier molecular flexibility index (Phi) is 6.31. The number of carbonyl (C=O) groups excluding carboxylic acids is 1. The van der Waals surface area contributed by atoms with Crippen LogP contribution in [0.5, 0.6) is 0 Å². The van der Waals surface area contributed by atoms with Gasteiger partial charge in [0.25, 0.3) is 0 Å². The highest BCUT2D eigenvalue weighted by Gasteiger charge is 2.26. The fraction of sp³-hybridized carbons (Fsp3) is 0.500. The number of hydrogen-bond donors (Lipinski definition) is 0. The zero-order valence-corrected chi connectivity index (χ0v) is 12.9. The van der Waals surface area contributed by atoms with Gasteiger partial charge < -0.3 is 4.74 Å². The first-order valence-electron chi connectivity index (χ1n) is 7.19. The van der Waals surface area contributed by atoms with Crippen molar-refractivity contribution in [2.24, 2.45) is 5.41 Å². The quantitative estimate of drug-likeness (QED) is 0.458. The van der Waals surface area contributed by atoms with Crippen LogP contribution in [0.1, 0.15) is 58.6 Å². The van der Waals surface area contributed by atoms with E-state index in [4.69, 9.17) is 4.74 Å². The van der Waals surface area contributed by atoms with Gasteiger partial charge in [0.05, 0.1) is 5.41 Å². The molecular formula is C18H24O2. The molecule has 0 aliphatic rings. The second-order valence-corrected chi connectivity index (χ2v) is 5.87. The zero-order valence-electron chi connectivity index (χ0n) is 12.9. The minimum Gasteiger partial charge on any atom is -0.444 e. The van der Waals surface area contributed by atoms with Gasteiger partial charge in [0.15, 0.2) is 6.10 Å². The van der Waals surface area contributed by atoms with Crippen LogP contribution >= 0.6 is 0 Å². The van der Waals surface area contributed by atoms with E-state index in [-0.39, 0.29) is 5.97 Å². The summed E-state index contributed by atoms with van der Waals surface area (Å²) < 4.78 is 5.57. The molecule has 0 saturated heterocycles. The lowest BCUT2D eigenvalue weighted by Crippen LogP contribution is -2.24. The fourth-order valence-corrected chi connectivity index (χ4v) is 1.52. The number of rotatable bonds is 4. The summed E-state index contributed by atoms with van der Waals surface area (Å²) in [6, 6.07) is 9.68. The first-order valence-corrected chi connectivity index (χ1v) is 7.19. The van der Waals surface area contributed by atoms with Crippen LogP contribution < -0.4 is 0 Å². The highest BCUT2D eigenvalue weighted by atomic mass is 16.5. The van der Waals surface area contributed by atoms with E-state index in [1.165, 1.54) is 0 Å². The van der Waals surface area contributed by atoms with Crippen LogP contribution in [0.2, 0.25) is 0 Å². The molecule has 0 fully saturated rings. The molecular weight excluding hydrogens is 248 g/mol. The molecule has 1 rings (SSSR count). The number of esters is 1. The van der Waals surface area contributed by atoms with Crippen molar-refractivity contribution >= 4 is 5.97 Å². The molecule has 2 nitrogen and oxygen atoms in total. The van der Waals surface area contributed by atoms with Crippen molar-refractivity contribution in [3.05, 3.63) is 35.9 Å². The van der Waals surface area contributed by atoms with Crippen molar-refractivity contribution in [1.82, 2.24) is 0 Å². The average Bonchev–Trinajstić information content (AvgIpc) is 2.42. The normalized spacial score (nSPS) is 12.2. The summed E-state index contributed by atoms with van der Waals surface area (Å²) in [6.45, 7) is 7.68. The molecule has 0 spiro atoms. The number of carbonyl (C=O) groups is 1. The van der Waals surface area contributed by atoms with Gasteiger partial charge in [-0.05, 0) is 27.2 Å². The molecule has 0 bridgehead atoms. The van der Waals surface area contributed by atoms with E-state index in [1.807, 2.05) is 51.1 Å². The van der Waals surface area contributed by atoms with Gasteiger partial charge in [0.2, 0.25) is 0 Å². The molecule has 108 valence electrons. The lowest BCUT2D eigenvalue weighted by atomic mass is 9.97. The van der Waals surface area contributed by atoms with Gasteiger partial charge in [0, 0.05) is 12.0 Å². The molecule has 0 amide bonds. The maximum absolute atomic E-state index is 12.0. The third-order valence-electron chi connectivity index (χ3n) is 2.83. The Morgan fingerprint density at radius 3 is 2.45 bits per heavy atom. The van der Waals surface area contributed by atoms with Crippen molar-refractivity contribution < 1.29 is 9.53 Å². The monoisotopic (exact) mass is 272 g/mol. The van der Waals surface area contributed by atoms with E-state index in [0.717, 1.165) is 24.8 Å². The summed E-state index contributed by atoms with van der Waals surface area (Å²) in [7, 11) is 0. The Morgan fingerprint density at radius 1 is 1.25 bits per heavy atom. The topological polar surface area (TPSA) is 26.3 Å². The Balaban J connectivity index is 2.85. The largest absolute Gasteiger partial charge is 0.444 e. The maximum Gasteiger partial charge on any atom is 0.312 e. The highest BCUT2D eigenvalue weighted by molar-refractivity contribution is 5.75. The van der Waals surface area contributed by atoms with Gasteiger partial charge in [-0.25, -0.2) is 0 Å². The van der Waals surface area contributed by atoms with Crippen LogP contribution in [0.3, 0.4) is 0 Å². The summed E-state index contributed by atoms with van der Waals surface area (Å²) in [6.07, 6.45) is 2.56. The van der Waals surface area contributed by atoms with Crippen LogP contribution in [0, 0.1) is 17.3 Å². The Hall–Kier alpha value is -1.75. The minimum atomic E-state index is -0.516. The van der Waals surface area contributed by atoms with Crippen LogP contribution in [-0.2, 0) is 9.53 Å². The van der Waals surface area contributed by atoms with Gasteiger partial charge in [-0.3, -0.25) is 4.79 Å². The number of ether oxygens (including phenoxy) is 1. The molecule has 0 saturated carbocycles. The molecule has 0 aromatic heterocycles. The standard InChI is InChI=1S/C18H24O2/c1-5-6-7-11-14-16(15-12-9-8-10-13-15)20-17(19)18(2,3)4/h8-10,12-13,16H,5-7H2,1-4H3. The maximum atomic E-state index is 12.0. The minimum absolute atomic E-state index is 0.226. The van der Waals surface area contributed by atoms with Gasteiger partial charge in [-0.2, -0.15) is 0 Å². The van der Waals surface area contributed by atoms with Crippen molar-refractivity contribution in [1.29, 1.82) is 0 Å². The summed E-state index contributed by atoms with van der Waals surface area (Å²) in [5.74, 6) is 5.97. The zero-order chi connectivity index (χ0) is 15.0. The Labute approximate surface area is 122 Å². The molecule has 1 atom stereocenters. The fourth-order valence-electron chi connectivity index (χ4n) is 1.52. The van der Waals surface area contributed by atoms with E-state index in [1.54, 1.807) is 0 Å². The van der Waals surface area contributed by atoms with Crippen LogP contribution in [0.25, 0.3) is 0 Å². The first-order chi connectivity index (χ1) is 9.45. The van der Waals surface area contributed by atoms with Gasteiger partial charge in [0.1, 0.15) is 0 Å². The average molecular weight is 272 g/mol. The van der Waals surface area contributed by atoms with Gasteiger partial charge in [-0.1, -0.05) is 55.5 Å². The van der Waals surface area contributed by atoms with Crippen molar-refractivity contribution in [2.45, 2.75) is 53.1 Å². The predicted molar refractivity (Wildman–Crippen MR) is 82.0 cm³/mol. The summed E-state index contributed by atoms with van der Waals surface area (Å²) in [4.78, 5) is 12.0. The second-order valence-electron chi connectivity index (χ2n) is 5.87. The third kappa shape index (κ3) is 5.48. The first kappa shape index (κ1) is 16.3. The number of unbranched alkanes of at least 4 members (excludes halogenated alkanes) is 2. The molecule has 0 aliphatic heterocycles. The van der Waals surface area contributed by atoms with Crippen LogP contribution in [-0.4, -0.2) is 5.97 Å². The van der Waals surface area contributed by atoms with Gasteiger partial charge in [-0.15, -0.1) is 0 Å². The second kappa shape index (κ2) is 7.75. The third-order valence-corrected chi connectivity index (χ3v) is 2.83.